The van der Waals surface area contributed by atoms with E-state index in [2.05, 4.69) is 12.2 Å². The Morgan fingerprint density at radius 1 is 1.39 bits per heavy atom. The number of nitrogens with zero attached hydrogens (tertiary/aromatic N) is 1. The molecule has 1 aliphatic heterocycles. The number of carbonyl (C=O) groups is 2. The third kappa shape index (κ3) is 2.25. The van der Waals surface area contributed by atoms with Crippen LogP contribution < -0.4 is 5.32 Å². The van der Waals surface area contributed by atoms with Crippen molar-refractivity contribution in [3.8, 4) is 0 Å². The smallest absolute Gasteiger partial charge is 0.248 e. The van der Waals surface area contributed by atoms with Crippen LogP contribution in [0.15, 0.2) is 0 Å². The van der Waals surface area contributed by atoms with Crippen molar-refractivity contribution in [3.63, 3.8) is 0 Å². The van der Waals surface area contributed by atoms with Crippen molar-refractivity contribution in [1.29, 1.82) is 0 Å². The highest BCUT2D eigenvalue weighted by Crippen LogP contribution is 2.32. The topological polar surface area (TPSA) is 49.4 Å². The number of nitrogens with one attached hydrogen (secondary N) is 1. The Hall–Kier alpha value is -1.06. The van der Waals surface area contributed by atoms with Gasteiger partial charge >= 0.3 is 0 Å². The van der Waals surface area contributed by atoms with Crippen molar-refractivity contribution in [2.24, 2.45) is 5.92 Å². The maximum Gasteiger partial charge on any atom is 0.248 e. The lowest BCUT2D eigenvalue weighted by atomic mass is 9.90. The van der Waals surface area contributed by atoms with Crippen LogP contribution >= 0.6 is 0 Å². The zero-order chi connectivity index (χ0) is 13.3. The average Bonchev–Trinajstić information content (AvgIpc) is 2.86. The Labute approximate surface area is 109 Å². The van der Waals surface area contributed by atoms with E-state index in [9.17, 15) is 9.59 Å². The monoisotopic (exact) mass is 252 g/mol. The lowest BCUT2D eigenvalue weighted by Gasteiger charge is -2.43. The molecule has 1 heterocycles. The van der Waals surface area contributed by atoms with Gasteiger partial charge in [0.25, 0.3) is 0 Å². The van der Waals surface area contributed by atoms with Gasteiger partial charge in [-0.2, -0.15) is 0 Å². The minimum atomic E-state index is -0.706. The van der Waals surface area contributed by atoms with Crippen LogP contribution in [0.3, 0.4) is 0 Å². The Kier molecular flexibility index (Phi) is 3.64. The molecule has 2 atom stereocenters. The summed E-state index contributed by atoms with van der Waals surface area (Å²) in [6, 6.07) is 0.192. The Bertz CT molecular complexity index is 350. The SMILES string of the molecule is CCC1(C)NC(=O)CN(C(C)C2CCCC2)C1=O. The van der Waals surface area contributed by atoms with Crippen molar-refractivity contribution >= 4 is 11.8 Å². The Morgan fingerprint density at radius 2 is 2.00 bits per heavy atom. The first-order chi connectivity index (χ1) is 8.48. The molecule has 2 amide bonds. The van der Waals surface area contributed by atoms with Crippen molar-refractivity contribution < 1.29 is 9.59 Å². The summed E-state index contributed by atoms with van der Waals surface area (Å²) >= 11 is 0. The van der Waals surface area contributed by atoms with Gasteiger partial charge < -0.3 is 10.2 Å². The largest absolute Gasteiger partial charge is 0.340 e. The van der Waals surface area contributed by atoms with Crippen LogP contribution in [0.5, 0.6) is 0 Å². The van der Waals surface area contributed by atoms with Crippen LogP contribution in [0.1, 0.15) is 52.9 Å². The lowest BCUT2D eigenvalue weighted by Crippen LogP contribution is -2.67. The maximum atomic E-state index is 12.5. The number of carbonyl (C=O) groups excluding carboxylic acids is 2. The zero-order valence-electron chi connectivity index (χ0n) is 11.7. The normalized spacial score (nSPS) is 31.6. The number of piperazine rings is 1. The van der Waals surface area contributed by atoms with E-state index >= 15 is 0 Å². The van der Waals surface area contributed by atoms with Gasteiger partial charge in [-0.15, -0.1) is 0 Å². The first-order valence-electron chi connectivity index (χ1n) is 7.10. The maximum absolute atomic E-state index is 12.5. The van der Waals surface area contributed by atoms with Crippen molar-refractivity contribution in [3.05, 3.63) is 0 Å². The van der Waals surface area contributed by atoms with Gasteiger partial charge in [-0.3, -0.25) is 9.59 Å². The number of hydrogen-bond donors (Lipinski definition) is 1. The predicted octanol–water partition coefficient (Wildman–Crippen LogP) is 1.69. The molecule has 2 fully saturated rings. The van der Waals surface area contributed by atoms with E-state index in [0.717, 1.165) is 0 Å². The summed E-state index contributed by atoms with van der Waals surface area (Å²) in [6.45, 7) is 6.11. The summed E-state index contributed by atoms with van der Waals surface area (Å²) in [5, 5.41) is 2.84. The van der Waals surface area contributed by atoms with E-state index in [1.165, 1.54) is 25.7 Å². The molecule has 0 spiro atoms. The fourth-order valence-electron chi connectivity index (χ4n) is 3.21. The average molecular weight is 252 g/mol. The third-order valence-corrected chi connectivity index (χ3v) is 4.74. The van der Waals surface area contributed by atoms with Gasteiger partial charge in [0.2, 0.25) is 11.8 Å². The second-order valence-corrected chi connectivity index (χ2v) is 5.95. The molecule has 102 valence electrons. The standard InChI is InChI=1S/C14H24N2O2/c1-4-14(3)13(18)16(9-12(17)15-14)10(2)11-7-5-6-8-11/h10-11H,4-9H2,1-3H3,(H,15,17). The summed E-state index contributed by atoms with van der Waals surface area (Å²) in [4.78, 5) is 26.1. The highest BCUT2D eigenvalue weighted by atomic mass is 16.2. The first-order valence-corrected chi connectivity index (χ1v) is 7.10. The lowest BCUT2D eigenvalue weighted by molar-refractivity contribution is -0.152. The van der Waals surface area contributed by atoms with Crippen LogP contribution in [0.4, 0.5) is 0 Å². The summed E-state index contributed by atoms with van der Waals surface area (Å²) in [7, 11) is 0. The van der Waals surface area contributed by atoms with Crippen molar-refractivity contribution in [1.82, 2.24) is 10.2 Å². The number of hydrogen-bond acceptors (Lipinski definition) is 2. The molecule has 0 bridgehead atoms. The van der Waals surface area contributed by atoms with Crippen molar-refractivity contribution in [2.45, 2.75) is 64.5 Å². The molecule has 1 saturated heterocycles. The molecule has 1 saturated carbocycles. The van der Waals surface area contributed by atoms with Gasteiger partial charge in [0.05, 0.1) is 6.54 Å². The summed E-state index contributed by atoms with van der Waals surface area (Å²) in [5.74, 6) is 0.633. The van der Waals surface area contributed by atoms with Gasteiger partial charge in [0.1, 0.15) is 5.54 Å². The molecule has 0 aromatic carbocycles. The van der Waals surface area contributed by atoms with Crippen molar-refractivity contribution in [2.75, 3.05) is 6.54 Å². The molecule has 4 nitrogen and oxygen atoms in total. The highest BCUT2D eigenvalue weighted by Gasteiger charge is 2.44. The van der Waals surface area contributed by atoms with Gasteiger partial charge in [0.15, 0.2) is 0 Å². The van der Waals surface area contributed by atoms with Gasteiger partial charge in [-0.1, -0.05) is 19.8 Å². The second-order valence-electron chi connectivity index (χ2n) is 5.95. The molecular formula is C14H24N2O2. The molecule has 0 aromatic heterocycles. The molecule has 0 radical (unpaired) electrons. The number of amides is 2. The van der Waals surface area contributed by atoms with Crippen LogP contribution in [0.2, 0.25) is 0 Å². The molecule has 18 heavy (non-hydrogen) atoms. The van der Waals surface area contributed by atoms with E-state index < -0.39 is 5.54 Å². The summed E-state index contributed by atoms with van der Waals surface area (Å²) < 4.78 is 0. The Morgan fingerprint density at radius 3 is 2.56 bits per heavy atom. The van der Waals surface area contributed by atoms with Crippen LogP contribution in [-0.4, -0.2) is 34.8 Å². The minimum Gasteiger partial charge on any atom is -0.340 e. The van der Waals surface area contributed by atoms with E-state index in [-0.39, 0.29) is 24.4 Å². The molecular weight excluding hydrogens is 228 g/mol. The first kappa shape index (κ1) is 13.4. The second kappa shape index (κ2) is 4.90. The summed E-state index contributed by atoms with van der Waals surface area (Å²) in [5.41, 5.74) is -0.706. The van der Waals surface area contributed by atoms with Crippen LogP contribution in [-0.2, 0) is 9.59 Å². The molecule has 1 aliphatic carbocycles. The predicted molar refractivity (Wildman–Crippen MR) is 70.0 cm³/mol. The molecule has 2 rings (SSSR count). The number of rotatable bonds is 3. The van der Waals surface area contributed by atoms with Gasteiger partial charge in [-0.05, 0) is 39.0 Å². The fourth-order valence-corrected chi connectivity index (χ4v) is 3.21. The molecule has 2 aliphatic rings. The fraction of sp³-hybridized carbons (Fsp3) is 0.857. The van der Waals surface area contributed by atoms with Crippen LogP contribution in [0, 0.1) is 5.92 Å². The third-order valence-electron chi connectivity index (χ3n) is 4.74. The quantitative estimate of drug-likeness (QED) is 0.831. The highest BCUT2D eigenvalue weighted by molar-refractivity contribution is 5.97. The molecule has 1 N–H and O–H groups in total. The zero-order valence-corrected chi connectivity index (χ0v) is 11.7. The van der Waals surface area contributed by atoms with E-state index in [4.69, 9.17) is 0 Å². The molecule has 0 aromatic rings. The van der Waals surface area contributed by atoms with Gasteiger partial charge in [0, 0.05) is 6.04 Å². The summed E-state index contributed by atoms with van der Waals surface area (Å²) in [6.07, 6.45) is 5.54. The minimum absolute atomic E-state index is 0.0243. The van der Waals surface area contributed by atoms with Gasteiger partial charge in [-0.25, -0.2) is 0 Å². The molecule has 2 unspecified atom stereocenters. The Balaban J connectivity index is 2.15. The molecule has 4 heteroatoms. The van der Waals surface area contributed by atoms with E-state index in [0.29, 0.717) is 12.3 Å². The van der Waals surface area contributed by atoms with Crippen LogP contribution in [0.25, 0.3) is 0 Å². The van der Waals surface area contributed by atoms with E-state index in [1.54, 1.807) is 4.90 Å². The van der Waals surface area contributed by atoms with E-state index in [1.807, 2.05) is 13.8 Å².